The lowest BCUT2D eigenvalue weighted by Gasteiger charge is -2.36. The summed E-state index contributed by atoms with van der Waals surface area (Å²) in [6.45, 7) is 2.40. The molecule has 0 N–H and O–H groups in total. The summed E-state index contributed by atoms with van der Waals surface area (Å²) < 4.78 is 15.7. The van der Waals surface area contributed by atoms with E-state index in [1.165, 1.54) is 31.5 Å². The van der Waals surface area contributed by atoms with Gasteiger partial charge in [0.15, 0.2) is 0 Å². The minimum Gasteiger partial charge on any atom is -0.324 e. The van der Waals surface area contributed by atoms with Crippen molar-refractivity contribution in [1.82, 2.24) is 14.5 Å². The second kappa shape index (κ2) is 5.25. The zero-order chi connectivity index (χ0) is 14.4. The van der Waals surface area contributed by atoms with Crippen LogP contribution in [0.15, 0.2) is 18.2 Å². The van der Waals surface area contributed by atoms with Crippen LogP contribution in [-0.2, 0) is 5.88 Å². The van der Waals surface area contributed by atoms with Crippen molar-refractivity contribution in [2.75, 3.05) is 13.1 Å². The molecule has 0 aliphatic carbocycles. The van der Waals surface area contributed by atoms with Crippen molar-refractivity contribution in [3.05, 3.63) is 29.8 Å². The first-order valence-electron chi connectivity index (χ1n) is 7.72. The molecule has 0 spiro atoms. The molecular weight excluding hydrogens is 289 g/mol. The van der Waals surface area contributed by atoms with E-state index in [0.29, 0.717) is 18.0 Å². The lowest BCUT2D eigenvalue weighted by molar-refractivity contribution is 0.156. The lowest BCUT2D eigenvalue weighted by Crippen LogP contribution is -2.38. The molecule has 0 saturated carbocycles. The molecule has 3 heterocycles. The Kier molecular flexibility index (Phi) is 3.38. The van der Waals surface area contributed by atoms with Gasteiger partial charge in [-0.05, 0) is 44.4 Å². The maximum Gasteiger partial charge on any atom is 0.125 e. The summed E-state index contributed by atoms with van der Waals surface area (Å²) in [7, 11) is 0. The molecule has 2 aromatic rings. The Hall–Kier alpha value is -1.13. The lowest BCUT2D eigenvalue weighted by atomic mass is 9.97. The molecule has 21 heavy (non-hydrogen) atoms. The summed E-state index contributed by atoms with van der Waals surface area (Å²) in [4.78, 5) is 7.14. The minimum absolute atomic E-state index is 0.237. The number of alkyl halides is 1. The number of fused-ring (bicyclic) bond motifs is 2. The third-order valence-corrected chi connectivity index (χ3v) is 5.24. The molecule has 2 atom stereocenters. The van der Waals surface area contributed by atoms with E-state index in [4.69, 9.17) is 11.6 Å². The summed E-state index contributed by atoms with van der Waals surface area (Å²) in [5, 5.41) is 0. The van der Waals surface area contributed by atoms with Crippen molar-refractivity contribution >= 4 is 22.6 Å². The number of benzene rings is 1. The molecule has 2 aliphatic rings. The van der Waals surface area contributed by atoms with Gasteiger partial charge >= 0.3 is 0 Å². The number of piperidine rings is 1. The van der Waals surface area contributed by atoms with Crippen LogP contribution >= 0.6 is 11.6 Å². The molecule has 5 heteroatoms. The Morgan fingerprint density at radius 2 is 2.14 bits per heavy atom. The maximum absolute atomic E-state index is 13.4. The molecule has 112 valence electrons. The van der Waals surface area contributed by atoms with Crippen LogP contribution in [0.4, 0.5) is 4.39 Å². The number of halogens is 2. The van der Waals surface area contributed by atoms with Crippen LogP contribution < -0.4 is 0 Å². The Balaban J connectivity index is 1.74. The summed E-state index contributed by atoms with van der Waals surface area (Å²) >= 11 is 6.09. The molecular formula is C16H19ClFN3. The Morgan fingerprint density at radius 1 is 1.24 bits per heavy atom. The monoisotopic (exact) mass is 307 g/mol. The van der Waals surface area contributed by atoms with Crippen molar-refractivity contribution in [2.24, 2.45) is 0 Å². The molecule has 1 aromatic carbocycles. The predicted octanol–water partition coefficient (Wildman–Crippen LogP) is 3.71. The molecule has 2 fully saturated rings. The van der Waals surface area contributed by atoms with E-state index in [0.717, 1.165) is 36.2 Å². The third kappa shape index (κ3) is 2.25. The number of hydrogen-bond donors (Lipinski definition) is 0. The number of aromatic nitrogens is 2. The van der Waals surface area contributed by atoms with Crippen molar-refractivity contribution in [3.63, 3.8) is 0 Å². The smallest absolute Gasteiger partial charge is 0.125 e. The van der Waals surface area contributed by atoms with E-state index in [9.17, 15) is 4.39 Å². The molecule has 0 radical (unpaired) electrons. The van der Waals surface area contributed by atoms with E-state index in [-0.39, 0.29) is 5.82 Å². The summed E-state index contributed by atoms with van der Waals surface area (Å²) in [6.07, 6.45) is 4.90. The van der Waals surface area contributed by atoms with Crippen LogP contribution in [0.2, 0.25) is 0 Å². The molecule has 2 unspecified atom stereocenters. The quantitative estimate of drug-likeness (QED) is 0.789. The van der Waals surface area contributed by atoms with Gasteiger partial charge in [0.25, 0.3) is 0 Å². The fourth-order valence-electron chi connectivity index (χ4n) is 4.06. The average Bonchev–Trinajstić information content (AvgIpc) is 3.09. The first-order valence-corrected chi connectivity index (χ1v) is 8.26. The second-order valence-corrected chi connectivity index (χ2v) is 6.44. The summed E-state index contributed by atoms with van der Waals surface area (Å²) in [6, 6.07) is 6.00. The zero-order valence-corrected chi connectivity index (χ0v) is 12.7. The SMILES string of the molecule is Fc1ccc2c(c1)nc(CCl)n2C1CCN2CCCC2C1. The molecule has 0 amide bonds. The predicted molar refractivity (Wildman–Crippen MR) is 82.1 cm³/mol. The molecule has 0 bridgehead atoms. The van der Waals surface area contributed by atoms with Crippen molar-refractivity contribution in [1.29, 1.82) is 0 Å². The van der Waals surface area contributed by atoms with Gasteiger partial charge in [-0.25, -0.2) is 9.37 Å². The van der Waals surface area contributed by atoms with Gasteiger partial charge < -0.3 is 9.47 Å². The Morgan fingerprint density at radius 3 is 3.00 bits per heavy atom. The normalized spacial score (nSPS) is 26.4. The van der Waals surface area contributed by atoms with Crippen molar-refractivity contribution in [3.8, 4) is 0 Å². The first-order chi connectivity index (χ1) is 10.3. The van der Waals surface area contributed by atoms with Gasteiger partial charge in [0.05, 0.1) is 16.9 Å². The van der Waals surface area contributed by atoms with E-state index >= 15 is 0 Å². The largest absolute Gasteiger partial charge is 0.324 e. The van der Waals surface area contributed by atoms with Crippen LogP contribution in [-0.4, -0.2) is 33.6 Å². The van der Waals surface area contributed by atoms with Gasteiger partial charge in [0, 0.05) is 24.7 Å². The topological polar surface area (TPSA) is 21.1 Å². The zero-order valence-electron chi connectivity index (χ0n) is 11.9. The highest BCUT2D eigenvalue weighted by molar-refractivity contribution is 6.16. The molecule has 4 rings (SSSR count). The first kappa shape index (κ1) is 13.5. The fraction of sp³-hybridized carbons (Fsp3) is 0.562. The molecule has 2 aliphatic heterocycles. The number of imidazole rings is 1. The van der Waals surface area contributed by atoms with Gasteiger partial charge in [-0.2, -0.15) is 0 Å². The highest BCUT2D eigenvalue weighted by Gasteiger charge is 2.33. The van der Waals surface area contributed by atoms with Crippen LogP contribution in [0.1, 0.15) is 37.5 Å². The van der Waals surface area contributed by atoms with E-state index in [1.807, 2.05) is 6.07 Å². The van der Waals surface area contributed by atoms with Gasteiger partial charge in [-0.15, -0.1) is 11.6 Å². The Bertz CT molecular complexity index is 669. The fourth-order valence-corrected chi connectivity index (χ4v) is 4.25. The molecule has 2 saturated heterocycles. The molecule has 1 aromatic heterocycles. The second-order valence-electron chi connectivity index (χ2n) is 6.17. The van der Waals surface area contributed by atoms with Gasteiger partial charge in [0.1, 0.15) is 11.6 Å². The average molecular weight is 308 g/mol. The van der Waals surface area contributed by atoms with Gasteiger partial charge in [-0.1, -0.05) is 0 Å². The van der Waals surface area contributed by atoms with Gasteiger partial charge in [0.2, 0.25) is 0 Å². The third-order valence-electron chi connectivity index (χ3n) is 5.00. The number of rotatable bonds is 2. The Labute approximate surface area is 128 Å². The van der Waals surface area contributed by atoms with Crippen LogP contribution in [0.3, 0.4) is 0 Å². The minimum atomic E-state index is -0.237. The highest BCUT2D eigenvalue weighted by Crippen LogP contribution is 2.36. The molecule has 3 nitrogen and oxygen atoms in total. The van der Waals surface area contributed by atoms with E-state index in [1.54, 1.807) is 0 Å². The number of nitrogens with zero attached hydrogens (tertiary/aromatic N) is 3. The maximum atomic E-state index is 13.4. The summed E-state index contributed by atoms with van der Waals surface area (Å²) in [5.41, 5.74) is 1.74. The highest BCUT2D eigenvalue weighted by atomic mass is 35.5. The van der Waals surface area contributed by atoms with Crippen LogP contribution in [0.25, 0.3) is 11.0 Å². The van der Waals surface area contributed by atoms with E-state index in [2.05, 4.69) is 14.5 Å². The van der Waals surface area contributed by atoms with Gasteiger partial charge in [-0.3, -0.25) is 0 Å². The standard InChI is InChI=1S/C16H19ClFN3/c17-10-16-19-14-8-11(18)3-4-15(14)21(16)13-5-7-20-6-1-2-12(20)9-13/h3-4,8,12-13H,1-2,5-7,9-10H2. The van der Waals surface area contributed by atoms with Crippen molar-refractivity contribution in [2.45, 2.75) is 43.6 Å². The van der Waals surface area contributed by atoms with Crippen LogP contribution in [0, 0.1) is 5.82 Å². The van der Waals surface area contributed by atoms with E-state index < -0.39 is 0 Å². The number of hydrogen-bond acceptors (Lipinski definition) is 2. The van der Waals surface area contributed by atoms with Crippen LogP contribution in [0.5, 0.6) is 0 Å². The van der Waals surface area contributed by atoms with Crippen molar-refractivity contribution < 1.29 is 4.39 Å². The summed E-state index contributed by atoms with van der Waals surface area (Å²) in [5.74, 6) is 1.01.